The van der Waals surface area contributed by atoms with Crippen LogP contribution in [0.2, 0.25) is 0 Å². The van der Waals surface area contributed by atoms with Gasteiger partial charge in [0.15, 0.2) is 0 Å². The molecule has 0 radical (unpaired) electrons. The van der Waals surface area contributed by atoms with Gasteiger partial charge in [-0.2, -0.15) is 0 Å². The molecule has 26 heavy (non-hydrogen) atoms. The van der Waals surface area contributed by atoms with Crippen LogP contribution in [-0.4, -0.2) is 40.5 Å². The highest BCUT2D eigenvalue weighted by molar-refractivity contribution is 5.66. The third-order valence-electron chi connectivity index (χ3n) is 3.62. The molecule has 0 unspecified atom stereocenters. The highest BCUT2D eigenvalue weighted by Crippen LogP contribution is 2.11. The minimum absolute atomic E-state index is 0.400. The molecule has 0 saturated carbocycles. The summed E-state index contributed by atoms with van der Waals surface area (Å²) in [6.07, 6.45) is 1.31. The van der Waals surface area contributed by atoms with Crippen LogP contribution in [0.4, 0.5) is 4.79 Å². The summed E-state index contributed by atoms with van der Waals surface area (Å²) < 4.78 is 14.5. The Bertz CT molecular complexity index is 627. The lowest BCUT2D eigenvalue weighted by Crippen LogP contribution is -2.25. The molecule has 142 valence electrons. The standard InChI is InChI=1S/C11H15NO3.C9H13NO/c1-14-10-5-3-9(4-6-10)7-8-12-11(13)15-2;1-11-9-4-2-8(3-5-9)6-7-10/h3-6H,7-8H2,1-2H3,(H,12,13);2-5H,6-7,10H2,1H3. The van der Waals surface area contributed by atoms with Gasteiger partial charge in [-0.15, -0.1) is 0 Å². The van der Waals surface area contributed by atoms with Crippen molar-refractivity contribution in [3.8, 4) is 11.5 Å². The number of methoxy groups -OCH3 is 3. The first kappa shape index (κ1) is 21.3. The van der Waals surface area contributed by atoms with Crippen molar-refractivity contribution in [1.29, 1.82) is 0 Å². The second kappa shape index (κ2) is 12.6. The van der Waals surface area contributed by atoms with Crippen LogP contribution in [0.1, 0.15) is 11.1 Å². The zero-order chi connectivity index (χ0) is 19.2. The number of carbonyl (C=O) groups excluding carboxylic acids is 1. The van der Waals surface area contributed by atoms with Crippen LogP contribution < -0.4 is 20.5 Å². The first-order valence-corrected chi connectivity index (χ1v) is 8.40. The van der Waals surface area contributed by atoms with Gasteiger partial charge in [-0.3, -0.25) is 0 Å². The van der Waals surface area contributed by atoms with E-state index in [1.807, 2.05) is 48.5 Å². The van der Waals surface area contributed by atoms with Gasteiger partial charge in [-0.25, -0.2) is 4.79 Å². The number of benzene rings is 2. The highest BCUT2D eigenvalue weighted by atomic mass is 16.5. The van der Waals surface area contributed by atoms with Gasteiger partial charge in [0.25, 0.3) is 0 Å². The Balaban J connectivity index is 0.000000273. The molecular weight excluding hydrogens is 332 g/mol. The fourth-order valence-electron chi connectivity index (χ4n) is 2.13. The van der Waals surface area contributed by atoms with E-state index < -0.39 is 6.09 Å². The van der Waals surface area contributed by atoms with Crippen LogP contribution in [0.25, 0.3) is 0 Å². The number of alkyl carbamates (subject to hydrolysis) is 1. The largest absolute Gasteiger partial charge is 0.497 e. The van der Waals surface area contributed by atoms with Gasteiger partial charge in [0, 0.05) is 6.54 Å². The second-order valence-corrected chi connectivity index (χ2v) is 5.40. The first-order valence-electron chi connectivity index (χ1n) is 8.40. The van der Waals surface area contributed by atoms with Crippen LogP contribution in [0.5, 0.6) is 11.5 Å². The van der Waals surface area contributed by atoms with Gasteiger partial charge in [0.1, 0.15) is 11.5 Å². The Kier molecular flexibility index (Phi) is 10.3. The smallest absolute Gasteiger partial charge is 0.406 e. The van der Waals surface area contributed by atoms with Crippen LogP contribution in [0, 0.1) is 0 Å². The Morgan fingerprint density at radius 2 is 1.31 bits per heavy atom. The normalized spacial score (nSPS) is 9.54. The number of carbonyl (C=O) groups is 1. The highest BCUT2D eigenvalue weighted by Gasteiger charge is 1.98. The van der Waals surface area contributed by atoms with Crippen LogP contribution in [0.15, 0.2) is 48.5 Å². The van der Waals surface area contributed by atoms with E-state index in [0.717, 1.165) is 29.9 Å². The number of rotatable bonds is 7. The molecule has 6 nitrogen and oxygen atoms in total. The van der Waals surface area contributed by atoms with Gasteiger partial charge >= 0.3 is 6.09 Å². The zero-order valence-electron chi connectivity index (χ0n) is 15.7. The van der Waals surface area contributed by atoms with Crippen molar-refractivity contribution in [2.24, 2.45) is 5.73 Å². The van der Waals surface area contributed by atoms with Crippen LogP contribution in [-0.2, 0) is 17.6 Å². The molecule has 0 aliphatic carbocycles. The van der Waals surface area contributed by atoms with E-state index in [2.05, 4.69) is 10.1 Å². The number of nitrogens with two attached hydrogens (primary N) is 1. The summed E-state index contributed by atoms with van der Waals surface area (Å²) in [7, 11) is 4.65. The maximum absolute atomic E-state index is 10.7. The molecule has 1 amide bonds. The minimum Gasteiger partial charge on any atom is -0.497 e. The fourth-order valence-corrected chi connectivity index (χ4v) is 2.13. The third kappa shape index (κ3) is 8.39. The summed E-state index contributed by atoms with van der Waals surface area (Å²) in [4.78, 5) is 10.7. The molecule has 6 heteroatoms. The zero-order valence-corrected chi connectivity index (χ0v) is 15.7. The quantitative estimate of drug-likeness (QED) is 0.793. The number of nitrogens with one attached hydrogen (secondary N) is 1. The molecular formula is C20H28N2O4. The summed E-state index contributed by atoms with van der Waals surface area (Å²) in [5, 5.41) is 2.62. The molecule has 2 aromatic carbocycles. The lowest BCUT2D eigenvalue weighted by atomic mass is 10.1. The van der Waals surface area contributed by atoms with Crippen molar-refractivity contribution >= 4 is 6.09 Å². The number of hydrogen-bond acceptors (Lipinski definition) is 5. The Hall–Kier alpha value is -2.73. The fraction of sp³-hybridized carbons (Fsp3) is 0.350. The molecule has 0 fully saturated rings. The molecule has 0 aliphatic rings. The molecule has 0 heterocycles. The maximum Gasteiger partial charge on any atom is 0.406 e. The SMILES string of the molecule is COC(=O)NCCc1ccc(OC)cc1.COc1ccc(CCN)cc1. The van der Waals surface area contributed by atoms with Crippen molar-refractivity contribution < 1.29 is 19.0 Å². The average Bonchev–Trinajstić information content (AvgIpc) is 2.69. The molecule has 2 rings (SSSR count). The summed E-state index contributed by atoms with van der Waals surface area (Å²) in [5.41, 5.74) is 7.80. The Labute approximate surface area is 155 Å². The van der Waals surface area contributed by atoms with Gasteiger partial charge in [-0.1, -0.05) is 24.3 Å². The lowest BCUT2D eigenvalue weighted by molar-refractivity contribution is 0.171. The molecule has 2 aromatic rings. The number of hydrogen-bond donors (Lipinski definition) is 2. The molecule has 3 N–H and O–H groups in total. The Morgan fingerprint density at radius 3 is 1.69 bits per heavy atom. The van der Waals surface area contributed by atoms with Gasteiger partial charge in [0.05, 0.1) is 21.3 Å². The van der Waals surface area contributed by atoms with Gasteiger partial charge < -0.3 is 25.3 Å². The average molecular weight is 360 g/mol. The van der Waals surface area contributed by atoms with Crippen molar-refractivity contribution in [1.82, 2.24) is 5.32 Å². The summed E-state index contributed by atoms with van der Waals surface area (Å²) in [5.74, 6) is 1.73. The molecule has 0 bridgehead atoms. The van der Waals surface area contributed by atoms with E-state index in [0.29, 0.717) is 13.1 Å². The summed E-state index contributed by atoms with van der Waals surface area (Å²) in [6, 6.07) is 15.7. The summed E-state index contributed by atoms with van der Waals surface area (Å²) >= 11 is 0. The lowest BCUT2D eigenvalue weighted by Gasteiger charge is -2.04. The monoisotopic (exact) mass is 360 g/mol. The van der Waals surface area contributed by atoms with E-state index in [9.17, 15) is 4.79 Å². The predicted octanol–water partition coefficient (Wildman–Crippen LogP) is 2.79. The van der Waals surface area contributed by atoms with Crippen molar-refractivity contribution in [2.45, 2.75) is 12.8 Å². The predicted molar refractivity (Wildman–Crippen MR) is 103 cm³/mol. The molecule has 0 spiro atoms. The van der Waals surface area contributed by atoms with Crippen LogP contribution >= 0.6 is 0 Å². The molecule has 0 aliphatic heterocycles. The van der Waals surface area contributed by atoms with Crippen molar-refractivity contribution in [3.05, 3.63) is 59.7 Å². The summed E-state index contributed by atoms with van der Waals surface area (Å²) in [6.45, 7) is 1.27. The number of ether oxygens (including phenoxy) is 3. The first-order chi connectivity index (χ1) is 12.6. The molecule has 0 atom stereocenters. The Morgan fingerprint density at radius 1 is 0.846 bits per heavy atom. The van der Waals surface area contributed by atoms with Crippen LogP contribution in [0.3, 0.4) is 0 Å². The number of amides is 1. The maximum atomic E-state index is 10.7. The second-order valence-electron chi connectivity index (χ2n) is 5.40. The van der Waals surface area contributed by atoms with Gasteiger partial charge in [0.2, 0.25) is 0 Å². The molecule has 0 aromatic heterocycles. The van der Waals surface area contributed by atoms with Crippen molar-refractivity contribution in [3.63, 3.8) is 0 Å². The van der Waals surface area contributed by atoms with Crippen molar-refractivity contribution in [2.75, 3.05) is 34.4 Å². The van der Waals surface area contributed by atoms with E-state index >= 15 is 0 Å². The van der Waals surface area contributed by atoms with E-state index in [-0.39, 0.29) is 0 Å². The van der Waals surface area contributed by atoms with E-state index in [4.69, 9.17) is 15.2 Å². The molecule has 0 saturated heterocycles. The third-order valence-corrected chi connectivity index (χ3v) is 3.62. The van der Waals surface area contributed by atoms with E-state index in [1.165, 1.54) is 12.7 Å². The topological polar surface area (TPSA) is 82.8 Å². The van der Waals surface area contributed by atoms with E-state index in [1.54, 1.807) is 14.2 Å². The van der Waals surface area contributed by atoms with Gasteiger partial charge in [-0.05, 0) is 54.8 Å². The minimum atomic E-state index is -0.400.